The van der Waals surface area contributed by atoms with E-state index in [1.807, 2.05) is 14.0 Å². The van der Waals surface area contributed by atoms with Crippen LogP contribution in [0.4, 0.5) is 17.2 Å². The largest absolute Gasteiger partial charge is 0.383 e. The average Bonchev–Trinajstić information content (AvgIpc) is 2.39. The maximum Gasteiger partial charge on any atom is 0.156 e. The lowest BCUT2D eigenvalue weighted by molar-refractivity contribution is 0.0986. The van der Waals surface area contributed by atoms with E-state index >= 15 is 0 Å². The van der Waals surface area contributed by atoms with E-state index in [0.29, 0.717) is 18.4 Å². The van der Waals surface area contributed by atoms with Crippen LogP contribution < -0.4 is 10.2 Å². The van der Waals surface area contributed by atoms with Crippen LogP contribution in [0.25, 0.3) is 0 Å². The van der Waals surface area contributed by atoms with Gasteiger partial charge in [0.25, 0.3) is 0 Å². The molecular formula is C13H19ClN4O. The van der Waals surface area contributed by atoms with Crippen LogP contribution in [0.15, 0.2) is 11.1 Å². The van der Waals surface area contributed by atoms with Crippen LogP contribution in [0.1, 0.15) is 13.8 Å². The lowest BCUT2D eigenvalue weighted by Crippen LogP contribution is -2.44. The Hall–Kier alpha value is -1.33. The van der Waals surface area contributed by atoms with Crippen molar-refractivity contribution in [1.82, 2.24) is 4.98 Å². The quantitative estimate of drug-likeness (QED) is 0.684. The van der Waals surface area contributed by atoms with Gasteiger partial charge in [-0.3, -0.25) is 4.99 Å². The van der Waals surface area contributed by atoms with Crippen molar-refractivity contribution in [2.75, 3.05) is 37.0 Å². The molecule has 1 unspecified atom stereocenters. The zero-order valence-corrected chi connectivity index (χ0v) is 12.2. The Morgan fingerprint density at radius 1 is 1.63 bits per heavy atom. The summed E-state index contributed by atoms with van der Waals surface area (Å²) in [6.07, 6.45) is 1.75. The zero-order chi connectivity index (χ0) is 13.8. The Kier molecular flexibility index (Phi) is 4.61. The van der Waals surface area contributed by atoms with Gasteiger partial charge >= 0.3 is 0 Å². The summed E-state index contributed by atoms with van der Waals surface area (Å²) < 4.78 is 5.46. The first-order valence-electron chi connectivity index (χ1n) is 6.38. The van der Waals surface area contributed by atoms with Gasteiger partial charge in [0.15, 0.2) is 5.82 Å². The number of aliphatic imine (C=N–C) groups is 1. The molecule has 0 aromatic carbocycles. The number of aromatic nitrogens is 1. The fraction of sp³-hybridized carbons (Fsp3) is 0.538. The molecule has 1 atom stereocenters. The van der Waals surface area contributed by atoms with Gasteiger partial charge in [-0.05, 0) is 13.8 Å². The lowest BCUT2D eigenvalue weighted by atomic mass is 10.2. The van der Waals surface area contributed by atoms with E-state index in [4.69, 9.17) is 16.3 Å². The highest BCUT2D eigenvalue weighted by Crippen LogP contribution is 2.36. The summed E-state index contributed by atoms with van der Waals surface area (Å²) >= 11 is 6.11. The van der Waals surface area contributed by atoms with Gasteiger partial charge in [-0.25, -0.2) is 4.98 Å². The lowest BCUT2D eigenvalue weighted by Gasteiger charge is -2.35. The highest BCUT2D eigenvalue weighted by molar-refractivity contribution is 6.30. The third kappa shape index (κ3) is 2.98. The number of ether oxygens (including phenoxy) is 1. The maximum absolute atomic E-state index is 6.11. The summed E-state index contributed by atoms with van der Waals surface area (Å²) in [6, 6.07) is 2.03. The molecule has 0 saturated carbocycles. The van der Waals surface area contributed by atoms with E-state index in [-0.39, 0.29) is 6.04 Å². The molecule has 5 nitrogen and oxygen atoms in total. The molecule has 1 aromatic heterocycles. The van der Waals surface area contributed by atoms with Crippen LogP contribution >= 0.6 is 11.6 Å². The number of anilines is 2. The van der Waals surface area contributed by atoms with Gasteiger partial charge in [0, 0.05) is 25.9 Å². The molecule has 19 heavy (non-hydrogen) atoms. The molecule has 104 valence electrons. The summed E-state index contributed by atoms with van der Waals surface area (Å²) in [5.74, 6) is 0.839. The van der Waals surface area contributed by atoms with Crippen LogP contribution in [-0.2, 0) is 4.74 Å². The van der Waals surface area contributed by atoms with Gasteiger partial charge in [-0.2, -0.15) is 0 Å². The molecule has 2 rings (SSSR count). The number of rotatable bonds is 3. The van der Waals surface area contributed by atoms with Crippen molar-refractivity contribution in [1.29, 1.82) is 0 Å². The van der Waals surface area contributed by atoms with Crippen molar-refractivity contribution in [2.24, 2.45) is 4.99 Å². The van der Waals surface area contributed by atoms with Crippen LogP contribution in [0, 0.1) is 0 Å². The number of hydrogen-bond acceptors (Lipinski definition) is 5. The molecule has 0 spiro atoms. The van der Waals surface area contributed by atoms with Gasteiger partial charge in [0.2, 0.25) is 0 Å². The van der Waals surface area contributed by atoms with E-state index < -0.39 is 0 Å². The second-order valence-corrected chi connectivity index (χ2v) is 4.80. The molecule has 1 N–H and O–H groups in total. The number of morpholine rings is 1. The number of nitrogens with one attached hydrogen (secondary N) is 1. The van der Waals surface area contributed by atoms with Gasteiger partial charge in [0.05, 0.1) is 24.9 Å². The first-order chi connectivity index (χ1) is 9.17. The minimum atomic E-state index is 0.269. The van der Waals surface area contributed by atoms with Crippen LogP contribution in [0.2, 0.25) is 5.15 Å². The van der Waals surface area contributed by atoms with E-state index in [2.05, 4.69) is 27.1 Å². The average molecular weight is 283 g/mol. The number of halogens is 1. The monoisotopic (exact) mass is 282 g/mol. The standard InChI is InChI=1S/C13H19ClN4O/c1-4-16-10-7-11(14)17-13(12(10)15-3)18-5-6-19-8-9(18)2/h4,7,9,15H,5-6,8H2,1-3H3. The SMILES string of the molecule is CC=Nc1cc(Cl)nc(N2CCOCC2C)c1NC. The van der Waals surface area contributed by atoms with E-state index in [1.54, 1.807) is 12.3 Å². The van der Waals surface area contributed by atoms with Crippen molar-refractivity contribution in [3.8, 4) is 0 Å². The molecule has 6 heteroatoms. The fourth-order valence-corrected chi connectivity index (χ4v) is 2.40. The fourth-order valence-electron chi connectivity index (χ4n) is 2.22. The Balaban J connectivity index is 2.48. The third-order valence-electron chi connectivity index (χ3n) is 3.11. The summed E-state index contributed by atoms with van der Waals surface area (Å²) in [4.78, 5) is 11.0. The topological polar surface area (TPSA) is 49.8 Å². The van der Waals surface area contributed by atoms with Crippen molar-refractivity contribution in [2.45, 2.75) is 19.9 Å². The smallest absolute Gasteiger partial charge is 0.156 e. The van der Waals surface area contributed by atoms with E-state index in [1.165, 1.54) is 0 Å². The summed E-state index contributed by atoms with van der Waals surface area (Å²) in [5.41, 5.74) is 1.70. The molecule has 0 aliphatic carbocycles. The molecule has 0 radical (unpaired) electrons. The number of pyridine rings is 1. The highest BCUT2D eigenvalue weighted by Gasteiger charge is 2.24. The second kappa shape index (κ2) is 6.21. The molecule has 1 saturated heterocycles. The summed E-state index contributed by atoms with van der Waals surface area (Å²) in [7, 11) is 1.87. The molecule has 2 heterocycles. The molecular weight excluding hydrogens is 264 g/mol. The molecule has 1 aliphatic rings. The normalized spacial score (nSPS) is 20.0. The Bertz CT molecular complexity index is 478. The molecule has 1 aromatic rings. The van der Waals surface area contributed by atoms with Crippen molar-refractivity contribution < 1.29 is 4.74 Å². The summed E-state index contributed by atoms with van der Waals surface area (Å²) in [6.45, 7) is 6.20. The minimum Gasteiger partial charge on any atom is -0.383 e. The zero-order valence-electron chi connectivity index (χ0n) is 11.5. The van der Waals surface area contributed by atoms with Crippen LogP contribution in [0.3, 0.4) is 0 Å². The Morgan fingerprint density at radius 3 is 3.05 bits per heavy atom. The molecule has 1 aliphatic heterocycles. The second-order valence-electron chi connectivity index (χ2n) is 4.42. The number of hydrogen-bond donors (Lipinski definition) is 1. The van der Waals surface area contributed by atoms with E-state index in [0.717, 1.165) is 23.7 Å². The Labute approximate surface area is 118 Å². The first-order valence-corrected chi connectivity index (χ1v) is 6.76. The molecule has 0 bridgehead atoms. The maximum atomic E-state index is 6.11. The van der Waals surface area contributed by atoms with E-state index in [9.17, 15) is 0 Å². The van der Waals surface area contributed by atoms with Crippen LogP contribution in [0.5, 0.6) is 0 Å². The van der Waals surface area contributed by atoms with Crippen molar-refractivity contribution >= 4 is 35.0 Å². The summed E-state index contributed by atoms with van der Waals surface area (Å²) in [5, 5.41) is 3.63. The molecule has 1 fully saturated rings. The Morgan fingerprint density at radius 2 is 2.42 bits per heavy atom. The number of nitrogens with zero attached hydrogens (tertiary/aromatic N) is 3. The predicted octanol–water partition coefficient (Wildman–Crippen LogP) is 2.72. The molecule has 0 amide bonds. The van der Waals surface area contributed by atoms with Crippen molar-refractivity contribution in [3.63, 3.8) is 0 Å². The van der Waals surface area contributed by atoms with Gasteiger partial charge in [0.1, 0.15) is 10.8 Å². The predicted molar refractivity (Wildman–Crippen MR) is 80.2 cm³/mol. The third-order valence-corrected chi connectivity index (χ3v) is 3.30. The van der Waals surface area contributed by atoms with Gasteiger partial charge in [-0.1, -0.05) is 11.6 Å². The first kappa shape index (κ1) is 14.1. The highest BCUT2D eigenvalue weighted by atomic mass is 35.5. The van der Waals surface area contributed by atoms with Gasteiger partial charge in [-0.15, -0.1) is 0 Å². The minimum absolute atomic E-state index is 0.269. The van der Waals surface area contributed by atoms with Gasteiger partial charge < -0.3 is 15.0 Å². The van der Waals surface area contributed by atoms with Crippen LogP contribution in [-0.4, -0.2) is 44.0 Å². The van der Waals surface area contributed by atoms with Crippen molar-refractivity contribution in [3.05, 3.63) is 11.2 Å².